The Morgan fingerprint density at radius 2 is 1.07 bits per heavy atom. The van der Waals surface area contributed by atoms with Gasteiger partial charge in [0.25, 0.3) is 0 Å². The average molecular weight is 579 g/mol. The molecule has 0 spiro atoms. The van der Waals surface area contributed by atoms with E-state index in [2.05, 4.69) is 4.98 Å². The Morgan fingerprint density at radius 1 is 0.651 bits per heavy atom. The fourth-order valence-corrected chi connectivity index (χ4v) is 9.05. The van der Waals surface area contributed by atoms with E-state index in [4.69, 9.17) is 21.9 Å². The lowest BCUT2D eigenvalue weighted by Crippen LogP contribution is -2.68. The first-order valence-electron chi connectivity index (χ1n) is 14.4. The molecule has 9 heteroatoms. The molecule has 4 aliphatic carbocycles. The number of phenols is 3. The molecule has 8 rings (SSSR count). The van der Waals surface area contributed by atoms with Gasteiger partial charge in [-0.2, -0.15) is 0 Å². The van der Waals surface area contributed by atoms with E-state index >= 15 is 0 Å². The molecular weight excluding hydrogens is 544 g/mol. The van der Waals surface area contributed by atoms with Gasteiger partial charge in [0.2, 0.25) is 0 Å². The van der Waals surface area contributed by atoms with Gasteiger partial charge in [-0.1, -0.05) is 18.2 Å². The molecule has 0 radical (unpaired) electrons. The van der Waals surface area contributed by atoms with Crippen molar-refractivity contribution in [2.24, 2.45) is 5.41 Å². The molecule has 0 amide bonds. The van der Waals surface area contributed by atoms with Crippen LogP contribution in [0, 0.1) is 5.41 Å². The molecule has 0 atom stereocenters. The lowest BCUT2D eigenvalue weighted by Gasteiger charge is -2.70. The highest BCUT2D eigenvalue weighted by Gasteiger charge is 2.71. The van der Waals surface area contributed by atoms with Crippen LogP contribution in [0.1, 0.15) is 55.2 Å². The number of benzene rings is 3. The van der Waals surface area contributed by atoms with Crippen molar-refractivity contribution >= 4 is 23.0 Å². The van der Waals surface area contributed by atoms with Gasteiger partial charge >= 0.3 is 5.97 Å². The fourth-order valence-electron chi connectivity index (χ4n) is 9.05. The minimum absolute atomic E-state index is 0.00113. The van der Waals surface area contributed by atoms with E-state index in [1.54, 1.807) is 36.5 Å². The number of rotatable bonds is 5. The van der Waals surface area contributed by atoms with Crippen LogP contribution in [0.2, 0.25) is 0 Å². The second kappa shape index (κ2) is 9.04. The van der Waals surface area contributed by atoms with Crippen molar-refractivity contribution in [2.75, 3.05) is 17.2 Å². The third-order valence-electron chi connectivity index (χ3n) is 10.3. The van der Waals surface area contributed by atoms with Crippen LogP contribution in [0.25, 0.3) is 0 Å². The molecular formula is C34H34N4O5. The van der Waals surface area contributed by atoms with Crippen molar-refractivity contribution in [3.63, 3.8) is 0 Å². The summed E-state index contributed by atoms with van der Waals surface area (Å²) in [5, 5.41) is 31.0. The quantitative estimate of drug-likeness (QED) is 0.108. The minimum atomic E-state index is -0.920. The number of phenolic OH excluding ortho intramolecular Hbond substituents is 3. The van der Waals surface area contributed by atoms with E-state index in [-0.39, 0.29) is 40.3 Å². The number of ether oxygens (including phenoxy) is 1. The molecule has 43 heavy (non-hydrogen) atoms. The summed E-state index contributed by atoms with van der Waals surface area (Å²) >= 11 is 0. The third kappa shape index (κ3) is 4.06. The number of aromatic nitrogens is 1. The summed E-state index contributed by atoms with van der Waals surface area (Å²) in [4.78, 5) is 18.6. The number of esters is 1. The van der Waals surface area contributed by atoms with Crippen molar-refractivity contribution < 1.29 is 24.9 Å². The second-order valence-electron chi connectivity index (χ2n) is 13.1. The number of carbonyl (C=O) groups excluding carboxylic acids is 1. The van der Waals surface area contributed by atoms with Crippen molar-refractivity contribution in [2.45, 2.75) is 54.8 Å². The normalized spacial score (nSPS) is 28.9. The standard InChI is InChI=1S/C34H34N4O5/c35-24-10-20(3-6-27(24)39)31-14-32(21-4-7-28(40)25(36)11-21)16-33(15-31,22-5-8-29(41)26(37)12-22)19-34(17-31,18-32)30(42)43-23-2-1-9-38-13-23/h1-13,39-41H,14-19,35-37H2. The number of pyridine rings is 1. The number of hydrogen-bond acceptors (Lipinski definition) is 9. The van der Waals surface area contributed by atoms with Gasteiger partial charge in [-0.05, 0) is 120 Å². The molecule has 9 N–H and O–H groups in total. The highest BCUT2D eigenvalue weighted by molar-refractivity contribution is 5.81. The SMILES string of the molecule is Nc1cc(C23CC4(C(=O)Oc5cccnc5)CC(c5ccc(O)c(N)c5)(C2)CC(c2ccc(O)c(N)c2)(C4)C3)ccc1O. The van der Waals surface area contributed by atoms with Crippen molar-refractivity contribution in [1.29, 1.82) is 0 Å². The molecule has 4 aliphatic rings. The number of carbonyl (C=O) groups is 1. The maximum atomic E-state index is 14.5. The summed E-state index contributed by atoms with van der Waals surface area (Å²) in [5.74, 6) is 0.0451. The summed E-state index contributed by atoms with van der Waals surface area (Å²) in [6.07, 6.45) is 6.82. The number of nitrogens with zero attached hydrogens (tertiary/aromatic N) is 1. The van der Waals surface area contributed by atoms with Gasteiger partial charge in [0, 0.05) is 6.20 Å². The van der Waals surface area contributed by atoms with Gasteiger partial charge in [-0.15, -0.1) is 0 Å². The molecule has 1 aromatic heterocycles. The monoisotopic (exact) mass is 578 g/mol. The van der Waals surface area contributed by atoms with Gasteiger partial charge in [-0.3, -0.25) is 9.78 Å². The van der Waals surface area contributed by atoms with Crippen LogP contribution in [0.15, 0.2) is 79.1 Å². The summed E-state index contributed by atoms with van der Waals surface area (Å²) < 4.78 is 6.07. The third-order valence-corrected chi connectivity index (χ3v) is 10.3. The van der Waals surface area contributed by atoms with E-state index in [1.807, 2.05) is 36.4 Å². The smallest absolute Gasteiger partial charge is 0.317 e. The van der Waals surface area contributed by atoms with Crippen molar-refractivity contribution in [1.82, 2.24) is 4.98 Å². The van der Waals surface area contributed by atoms with Crippen LogP contribution in [-0.2, 0) is 21.0 Å². The maximum Gasteiger partial charge on any atom is 0.317 e. The molecule has 0 unspecified atom stereocenters. The Morgan fingerprint density at radius 3 is 1.42 bits per heavy atom. The number of nitrogens with two attached hydrogens (primary N) is 3. The van der Waals surface area contributed by atoms with E-state index in [9.17, 15) is 20.1 Å². The zero-order valence-corrected chi connectivity index (χ0v) is 23.6. The molecule has 0 saturated heterocycles. The van der Waals surface area contributed by atoms with E-state index in [0.29, 0.717) is 44.3 Å². The molecule has 220 valence electrons. The number of aromatic hydroxyl groups is 3. The predicted molar refractivity (Wildman–Crippen MR) is 163 cm³/mol. The van der Waals surface area contributed by atoms with E-state index < -0.39 is 21.7 Å². The summed E-state index contributed by atoms with van der Waals surface area (Å²) in [5.41, 5.74) is 19.9. The highest BCUT2D eigenvalue weighted by atomic mass is 16.5. The van der Waals surface area contributed by atoms with Crippen LogP contribution < -0.4 is 21.9 Å². The minimum Gasteiger partial charge on any atom is -0.506 e. The first-order chi connectivity index (χ1) is 20.5. The molecule has 0 aliphatic heterocycles. The Labute approximate surface area is 248 Å². The fraction of sp³-hybridized carbons (Fsp3) is 0.294. The Balaban J connectivity index is 1.49. The first kappa shape index (κ1) is 26.9. The van der Waals surface area contributed by atoms with Crippen LogP contribution in [0.4, 0.5) is 17.1 Å². The van der Waals surface area contributed by atoms with Gasteiger partial charge in [0.15, 0.2) is 0 Å². The van der Waals surface area contributed by atoms with Gasteiger partial charge in [-0.25, -0.2) is 0 Å². The Hall–Kier alpha value is -4.92. The predicted octanol–water partition coefficient (Wildman–Crippen LogP) is 5.03. The highest BCUT2D eigenvalue weighted by Crippen LogP contribution is 2.75. The van der Waals surface area contributed by atoms with Crippen molar-refractivity contribution in [3.05, 3.63) is 95.8 Å². The maximum absolute atomic E-state index is 14.5. The van der Waals surface area contributed by atoms with Crippen LogP contribution in [0.3, 0.4) is 0 Å². The summed E-state index contributed by atoms with van der Waals surface area (Å²) in [7, 11) is 0. The molecule has 9 nitrogen and oxygen atoms in total. The van der Waals surface area contributed by atoms with Gasteiger partial charge < -0.3 is 37.3 Å². The Kier molecular flexibility index (Phi) is 5.66. The lowest BCUT2D eigenvalue weighted by atomic mass is 9.33. The molecule has 4 bridgehead atoms. The number of nitrogen functional groups attached to an aromatic ring is 3. The van der Waals surface area contributed by atoms with Crippen molar-refractivity contribution in [3.8, 4) is 23.0 Å². The van der Waals surface area contributed by atoms with Crippen LogP contribution >= 0.6 is 0 Å². The van der Waals surface area contributed by atoms with Crippen LogP contribution in [0.5, 0.6) is 23.0 Å². The van der Waals surface area contributed by atoms with E-state index in [0.717, 1.165) is 16.7 Å². The first-order valence-corrected chi connectivity index (χ1v) is 14.4. The van der Waals surface area contributed by atoms with Gasteiger partial charge in [0.1, 0.15) is 23.0 Å². The second-order valence-corrected chi connectivity index (χ2v) is 13.1. The molecule has 4 aromatic rings. The summed E-state index contributed by atoms with van der Waals surface area (Å²) in [6, 6.07) is 19.4. The van der Waals surface area contributed by atoms with Crippen LogP contribution in [-0.4, -0.2) is 26.3 Å². The lowest BCUT2D eigenvalue weighted by molar-refractivity contribution is -0.171. The zero-order chi connectivity index (χ0) is 30.2. The number of anilines is 3. The molecule has 4 fully saturated rings. The molecule has 1 heterocycles. The zero-order valence-electron chi connectivity index (χ0n) is 23.6. The van der Waals surface area contributed by atoms with E-state index in [1.165, 1.54) is 6.20 Å². The topological polar surface area (TPSA) is 178 Å². The number of hydrogen-bond donors (Lipinski definition) is 6. The molecule has 3 aromatic carbocycles. The largest absolute Gasteiger partial charge is 0.506 e. The average Bonchev–Trinajstić information content (AvgIpc) is 2.97. The van der Waals surface area contributed by atoms with Gasteiger partial charge in [0.05, 0.1) is 28.7 Å². The summed E-state index contributed by atoms with van der Waals surface area (Å²) in [6.45, 7) is 0. The Bertz CT molecular complexity index is 1600. The molecule has 4 saturated carbocycles.